The van der Waals surface area contributed by atoms with E-state index in [0.717, 1.165) is 48.5 Å². The van der Waals surface area contributed by atoms with Gasteiger partial charge in [-0.1, -0.05) is 36.5 Å². The van der Waals surface area contributed by atoms with Crippen LogP contribution in [0.2, 0.25) is 0 Å². The Labute approximate surface area is 332 Å². The van der Waals surface area contributed by atoms with Crippen molar-refractivity contribution in [1.29, 1.82) is 0 Å². The second-order valence-corrected chi connectivity index (χ2v) is 18.6. The molecule has 17 atom stereocenters. The maximum atomic E-state index is 5.60. The molecule has 5 aliphatic heterocycles. The Balaban J connectivity index is 0.000000106. The van der Waals surface area contributed by atoms with Gasteiger partial charge in [0.05, 0.1) is 73.8 Å². The first-order chi connectivity index (χ1) is 26.7. The summed E-state index contributed by atoms with van der Waals surface area (Å²) < 4.78 is 32.8. The first kappa shape index (κ1) is 41.5. The highest BCUT2D eigenvalue weighted by Gasteiger charge is 2.62. The number of hydrogen-bond donors (Lipinski definition) is 0. The standard InChI is InChI=1S/C10H16O3.C10H16O2.C10H16O.C9H12O.C8H12O/c1-2-5-11-12-7-8-3-4-9-10(6-8)13-9;1-2-5-11-7-8-3-4-9-10(6-8)12-9;1-7(2)8-4-5-10(3)9(6-8)11-10;1-2-5-3-6-4-7(5)9-8(6)10-9;1-2-6-3-4-7-8(5-6)9-7/h2,8-10H,1,3-7H2;2,8-10H,1,3-7H2;8-9H,1,4-6H2,2-3H3;2,5-9H,1,3-4H2;2,6-8H,1,3-5H2. The second kappa shape index (κ2) is 19.0. The van der Waals surface area contributed by atoms with Gasteiger partial charge in [-0.05, 0) is 145 Å². The lowest BCUT2D eigenvalue weighted by molar-refractivity contribution is -0.294. The van der Waals surface area contributed by atoms with E-state index < -0.39 is 0 Å². The Hall–Kier alpha value is -1.62. The molecule has 5 heterocycles. The van der Waals surface area contributed by atoms with Crippen molar-refractivity contribution >= 4 is 0 Å². The Bertz CT molecular complexity index is 1320. The van der Waals surface area contributed by atoms with Crippen molar-refractivity contribution in [3.05, 3.63) is 62.8 Å². The van der Waals surface area contributed by atoms with Gasteiger partial charge in [0, 0.05) is 6.61 Å². The van der Waals surface area contributed by atoms with Crippen molar-refractivity contribution in [1.82, 2.24) is 0 Å². The first-order valence-corrected chi connectivity index (χ1v) is 22.0. The number of hydrogen-bond acceptors (Lipinski definition) is 8. The molecule has 0 aromatic rings. The quantitative estimate of drug-likeness (QED) is 0.0639. The predicted octanol–water partition coefficient (Wildman–Crippen LogP) is 9.30. The predicted molar refractivity (Wildman–Crippen MR) is 215 cm³/mol. The third-order valence-electron chi connectivity index (χ3n) is 14.4. The molecule has 6 saturated carbocycles. The average Bonchev–Trinajstić information content (AvgIpc) is 3.97. The maximum Gasteiger partial charge on any atom is 0.100 e. The average molecular weight is 765 g/mol. The van der Waals surface area contributed by atoms with Crippen molar-refractivity contribution in [2.45, 2.75) is 164 Å². The minimum absolute atomic E-state index is 0.270. The molecule has 308 valence electrons. The van der Waals surface area contributed by atoms with E-state index in [-0.39, 0.29) is 5.60 Å². The van der Waals surface area contributed by atoms with Gasteiger partial charge >= 0.3 is 0 Å². The minimum atomic E-state index is 0.270. The highest BCUT2D eigenvalue weighted by atomic mass is 17.2. The van der Waals surface area contributed by atoms with Crippen LogP contribution in [0.15, 0.2) is 62.8 Å². The van der Waals surface area contributed by atoms with E-state index in [1.807, 2.05) is 0 Å². The van der Waals surface area contributed by atoms with Crippen LogP contribution >= 0.6 is 0 Å². The van der Waals surface area contributed by atoms with Gasteiger partial charge in [0.2, 0.25) is 0 Å². The molecule has 5 saturated heterocycles. The number of ether oxygens (including phenoxy) is 6. The molecule has 0 amide bonds. The third-order valence-corrected chi connectivity index (χ3v) is 14.4. The Morgan fingerprint density at radius 1 is 0.655 bits per heavy atom. The lowest BCUT2D eigenvalue weighted by Gasteiger charge is -2.22. The van der Waals surface area contributed by atoms with Gasteiger partial charge in [-0.3, -0.25) is 0 Å². The van der Waals surface area contributed by atoms with E-state index in [4.69, 9.17) is 38.2 Å². The van der Waals surface area contributed by atoms with Crippen LogP contribution in [-0.4, -0.2) is 87.0 Å². The fourth-order valence-electron chi connectivity index (χ4n) is 10.5. The topological polar surface area (TPSA) is 90.3 Å². The highest BCUT2D eigenvalue weighted by molar-refractivity contribution is 5.13. The molecule has 11 fully saturated rings. The van der Waals surface area contributed by atoms with Crippen molar-refractivity contribution in [2.75, 3.05) is 26.4 Å². The maximum absolute atomic E-state index is 5.60. The summed E-state index contributed by atoms with van der Waals surface area (Å²) in [4.78, 5) is 9.93. The van der Waals surface area contributed by atoms with Gasteiger partial charge in [0.15, 0.2) is 0 Å². The summed E-state index contributed by atoms with van der Waals surface area (Å²) in [7, 11) is 0. The van der Waals surface area contributed by atoms with Crippen LogP contribution in [0.25, 0.3) is 0 Å². The number of allylic oxidation sites excluding steroid dienone is 3. The number of rotatable bonds is 12. The van der Waals surface area contributed by atoms with E-state index in [1.54, 1.807) is 12.2 Å². The van der Waals surface area contributed by atoms with E-state index in [1.165, 1.54) is 89.0 Å². The molecular weight excluding hydrogens is 693 g/mol. The van der Waals surface area contributed by atoms with Crippen molar-refractivity contribution < 1.29 is 38.2 Å². The molecule has 17 unspecified atom stereocenters. The fourth-order valence-corrected chi connectivity index (χ4v) is 10.5. The number of fused-ring (bicyclic) bond motifs is 9. The molecule has 0 spiro atoms. The Morgan fingerprint density at radius 2 is 1.31 bits per heavy atom. The summed E-state index contributed by atoms with van der Waals surface area (Å²) in [6, 6.07) is 0. The first-order valence-electron chi connectivity index (χ1n) is 22.0. The molecule has 0 aromatic carbocycles. The van der Waals surface area contributed by atoms with Gasteiger partial charge in [-0.2, -0.15) is 0 Å². The summed E-state index contributed by atoms with van der Waals surface area (Å²) in [6.07, 6.45) is 30.7. The molecule has 0 radical (unpaired) electrons. The molecular formula is C47H72O8. The van der Waals surface area contributed by atoms with Crippen molar-refractivity contribution in [3.63, 3.8) is 0 Å². The van der Waals surface area contributed by atoms with Crippen LogP contribution < -0.4 is 0 Å². The van der Waals surface area contributed by atoms with Crippen molar-refractivity contribution in [3.8, 4) is 0 Å². The van der Waals surface area contributed by atoms with Gasteiger partial charge < -0.3 is 28.4 Å². The Morgan fingerprint density at radius 3 is 1.85 bits per heavy atom. The van der Waals surface area contributed by atoms with Crippen LogP contribution in [0.3, 0.4) is 0 Å². The molecule has 11 rings (SSSR count). The molecule has 0 aromatic heterocycles. The summed E-state index contributed by atoms with van der Waals surface area (Å²) in [6.45, 7) is 25.9. The lowest BCUT2D eigenvalue weighted by atomic mass is 9.80. The second-order valence-electron chi connectivity index (χ2n) is 18.6. The summed E-state index contributed by atoms with van der Waals surface area (Å²) in [5.41, 5.74) is 1.61. The van der Waals surface area contributed by atoms with Gasteiger partial charge in [-0.15, -0.1) is 26.3 Å². The molecule has 0 N–H and O–H groups in total. The normalized spacial score (nSPS) is 45.9. The zero-order chi connectivity index (χ0) is 38.5. The van der Waals surface area contributed by atoms with E-state index in [9.17, 15) is 0 Å². The molecule has 2 bridgehead atoms. The highest BCUT2D eigenvalue weighted by Crippen LogP contribution is 2.59. The minimum Gasteiger partial charge on any atom is -0.377 e. The van der Waals surface area contributed by atoms with Crippen LogP contribution in [0.1, 0.15) is 104 Å². The van der Waals surface area contributed by atoms with Crippen LogP contribution in [-0.2, 0) is 38.2 Å². The molecule has 55 heavy (non-hydrogen) atoms. The largest absolute Gasteiger partial charge is 0.377 e. The molecule has 6 aliphatic carbocycles. The molecule has 11 aliphatic rings. The van der Waals surface area contributed by atoms with E-state index >= 15 is 0 Å². The van der Waals surface area contributed by atoms with Gasteiger partial charge in [-0.25, -0.2) is 9.78 Å². The third kappa shape index (κ3) is 11.5. The fraction of sp³-hybridized carbons (Fsp3) is 0.787. The van der Waals surface area contributed by atoms with Crippen LogP contribution in [0, 0.1) is 41.4 Å². The lowest BCUT2D eigenvalue weighted by Crippen LogP contribution is -2.21. The van der Waals surface area contributed by atoms with Crippen molar-refractivity contribution in [2.24, 2.45) is 41.4 Å². The summed E-state index contributed by atoms with van der Waals surface area (Å²) >= 11 is 0. The summed E-state index contributed by atoms with van der Waals surface area (Å²) in [5.74, 6) is 5.37. The van der Waals surface area contributed by atoms with Gasteiger partial charge in [0.1, 0.15) is 6.61 Å². The van der Waals surface area contributed by atoms with Gasteiger partial charge in [0.25, 0.3) is 0 Å². The monoisotopic (exact) mass is 765 g/mol. The van der Waals surface area contributed by atoms with Crippen LogP contribution in [0.4, 0.5) is 0 Å². The Kier molecular flexibility index (Phi) is 14.3. The van der Waals surface area contributed by atoms with E-state index in [2.05, 4.69) is 58.9 Å². The zero-order valence-electron chi connectivity index (χ0n) is 34.1. The zero-order valence-corrected chi connectivity index (χ0v) is 34.1. The summed E-state index contributed by atoms with van der Waals surface area (Å²) in [5, 5.41) is 0. The molecule has 8 nitrogen and oxygen atoms in total. The van der Waals surface area contributed by atoms with E-state index in [0.29, 0.717) is 80.7 Å². The smallest absolute Gasteiger partial charge is 0.100 e. The molecule has 8 heteroatoms. The van der Waals surface area contributed by atoms with Crippen LogP contribution in [0.5, 0.6) is 0 Å². The number of epoxide rings is 5. The SMILES string of the molecule is C=C(C)C1CCC2(C)OC2C1.C=CC1CC2CC1C1OC21.C=CC1CCC2OC2C1.C=CCOCC1CCC2OC2C1.C=CCOOCC1CCC2OC2C1.